The molecule has 3 N–H and O–H groups in total. The maximum Gasteiger partial charge on any atom is 0.417 e. The van der Waals surface area contributed by atoms with Crippen LogP contribution in [-0.2, 0) is 6.18 Å². The molecule has 0 unspecified atom stereocenters. The number of benzene rings is 1. The Labute approximate surface area is 119 Å². The molecule has 1 aromatic rings. The van der Waals surface area contributed by atoms with Crippen molar-refractivity contribution < 1.29 is 26.7 Å². The fourth-order valence-corrected chi connectivity index (χ4v) is 1.69. The summed E-state index contributed by atoms with van der Waals surface area (Å²) in [4.78, 5) is 11.6. The molecular weight excluding hydrogens is 351 g/mol. The molecule has 20 heavy (non-hydrogen) atoms. The van der Waals surface area contributed by atoms with Crippen molar-refractivity contribution in [2.45, 2.75) is 12.1 Å². The SMILES string of the molecule is NCC(F)(F)CNC(=O)c1ccc(Br)cc1C(F)(F)F. The number of carbonyl (C=O) groups is 1. The Bertz CT molecular complexity index is 504. The summed E-state index contributed by atoms with van der Waals surface area (Å²) in [7, 11) is 0. The summed E-state index contributed by atoms with van der Waals surface area (Å²) in [5.74, 6) is -4.61. The van der Waals surface area contributed by atoms with Gasteiger partial charge in [-0.1, -0.05) is 15.9 Å². The molecule has 1 rings (SSSR count). The summed E-state index contributed by atoms with van der Waals surface area (Å²) in [5, 5.41) is 1.74. The Morgan fingerprint density at radius 2 is 1.85 bits per heavy atom. The molecule has 0 aliphatic rings. The minimum Gasteiger partial charge on any atom is -0.346 e. The van der Waals surface area contributed by atoms with Crippen LogP contribution in [0.15, 0.2) is 22.7 Å². The van der Waals surface area contributed by atoms with Gasteiger partial charge in [0.05, 0.1) is 24.2 Å². The minimum absolute atomic E-state index is 0.119. The first-order valence-corrected chi connectivity index (χ1v) is 6.09. The van der Waals surface area contributed by atoms with Gasteiger partial charge in [0.2, 0.25) is 0 Å². The molecule has 1 amide bonds. The van der Waals surface area contributed by atoms with E-state index in [1.165, 1.54) is 6.07 Å². The van der Waals surface area contributed by atoms with Crippen molar-refractivity contribution in [1.29, 1.82) is 0 Å². The lowest BCUT2D eigenvalue weighted by molar-refractivity contribution is -0.138. The zero-order valence-corrected chi connectivity index (χ0v) is 11.5. The van der Waals surface area contributed by atoms with Crippen LogP contribution in [0.3, 0.4) is 0 Å². The van der Waals surface area contributed by atoms with E-state index in [-0.39, 0.29) is 4.47 Å². The van der Waals surface area contributed by atoms with Gasteiger partial charge >= 0.3 is 6.18 Å². The predicted octanol–water partition coefficient (Wildman–Crippen LogP) is 2.79. The molecule has 0 spiro atoms. The molecule has 112 valence electrons. The standard InChI is InChI=1S/C11H10BrF5N2O/c12-6-1-2-7(8(3-6)11(15,16)17)9(20)19-5-10(13,14)4-18/h1-3H,4-5,18H2,(H,19,20). The average Bonchev–Trinajstić information content (AvgIpc) is 2.35. The zero-order valence-electron chi connectivity index (χ0n) is 9.90. The van der Waals surface area contributed by atoms with E-state index >= 15 is 0 Å². The van der Waals surface area contributed by atoms with Crippen LogP contribution in [0.2, 0.25) is 0 Å². The molecule has 9 heteroatoms. The van der Waals surface area contributed by atoms with E-state index in [0.29, 0.717) is 6.07 Å². The van der Waals surface area contributed by atoms with Crippen molar-refractivity contribution in [2.24, 2.45) is 5.73 Å². The molecule has 0 bridgehead atoms. The number of carbonyl (C=O) groups excluding carboxylic acids is 1. The van der Waals surface area contributed by atoms with Gasteiger partial charge in [-0.15, -0.1) is 0 Å². The van der Waals surface area contributed by atoms with Crippen LogP contribution in [0.1, 0.15) is 15.9 Å². The summed E-state index contributed by atoms with van der Waals surface area (Å²) < 4.78 is 64.1. The Morgan fingerprint density at radius 3 is 2.35 bits per heavy atom. The molecule has 0 heterocycles. The Morgan fingerprint density at radius 1 is 1.25 bits per heavy atom. The van der Waals surface area contributed by atoms with Gasteiger partial charge in [-0.25, -0.2) is 8.78 Å². The van der Waals surface area contributed by atoms with Crippen LogP contribution in [-0.4, -0.2) is 24.9 Å². The number of nitrogens with one attached hydrogen (secondary N) is 1. The first-order chi connectivity index (χ1) is 9.07. The molecule has 0 saturated heterocycles. The fraction of sp³-hybridized carbons (Fsp3) is 0.364. The van der Waals surface area contributed by atoms with Crippen LogP contribution in [0.5, 0.6) is 0 Å². The van der Waals surface area contributed by atoms with E-state index in [1.54, 1.807) is 5.32 Å². The number of amides is 1. The Hall–Kier alpha value is -1.22. The van der Waals surface area contributed by atoms with E-state index in [0.717, 1.165) is 6.07 Å². The zero-order chi connectivity index (χ0) is 15.6. The van der Waals surface area contributed by atoms with Crippen molar-refractivity contribution >= 4 is 21.8 Å². The highest BCUT2D eigenvalue weighted by atomic mass is 79.9. The summed E-state index contributed by atoms with van der Waals surface area (Å²) >= 11 is 2.85. The lowest BCUT2D eigenvalue weighted by Crippen LogP contribution is -2.41. The van der Waals surface area contributed by atoms with Gasteiger partial charge < -0.3 is 11.1 Å². The molecule has 3 nitrogen and oxygen atoms in total. The normalized spacial score (nSPS) is 12.3. The second-order valence-corrected chi connectivity index (χ2v) is 4.85. The van der Waals surface area contributed by atoms with Gasteiger partial charge in [0.1, 0.15) is 0 Å². The molecule has 0 radical (unpaired) electrons. The first-order valence-electron chi connectivity index (χ1n) is 5.29. The maximum absolute atomic E-state index is 12.9. The number of hydrogen-bond donors (Lipinski definition) is 2. The second-order valence-electron chi connectivity index (χ2n) is 3.93. The maximum atomic E-state index is 12.9. The lowest BCUT2D eigenvalue weighted by atomic mass is 10.1. The summed E-state index contributed by atoms with van der Waals surface area (Å²) in [6.07, 6.45) is -4.77. The van der Waals surface area contributed by atoms with Crippen LogP contribution in [0.25, 0.3) is 0 Å². The Kier molecular flexibility index (Phi) is 5.09. The van der Waals surface area contributed by atoms with Crippen LogP contribution in [0.4, 0.5) is 22.0 Å². The number of halogens is 6. The van der Waals surface area contributed by atoms with E-state index in [2.05, 4.69) is 15.9 Å². The van der Waals surface area contributed by atoms with Crippen molar-refractivity contribution in [2.75, 3.05) is 13.1 Å². The van der Waals surface area contributed by atoms with Gasteiger partial charge in [-0.3, -0.25) is 4.79 Å². The molecule has 0 aromatic heterocycles. The Balaban J connectivity index is 2.99. The van der Waals surface area contributed by atoms with Gasteiger partial charge in [0.25, 0.3) is 11.8 Å². The quantitative estimate of drug-likeness (QED) is 0.811. The monoisotopic (exact) mass is 360 g/mol. The van der Waals surface area contributed by atoms with E-state index in [4.69, 9.17) is 5.73 Å². The van der Waals surface area contributed by atoms with Gasteiger partial charge in [0, 0.05) is 4.47 Å². The number of alkyl halides is 5. The van der Waals surface area contributed by atoms with Crippen molar-refractivity contribution in [1.82, 2.24) is 5.32 Å². The number of rotatable bonds is 4. The minimum atomic E-state index is -4.77. The average molecular weight is 361 g/mol. The van der Waals surface area contributed by atoms with E-state index in [1.807, 2.05) is 0 Å². The van der Waals surface area contributed by atoms with Crippen molar-refractivity contribution in [3.8, 4) is 0 Å². The molecule has 0 aliphatic heterocycles. The van der Waals surface area contributed by atoms with E-state index in [9.17, 15) is 26.7 Å². The predicted molar refractivity (Wildman–Crippen MR) is 65.5 cm³/mol. The molecular formula is C11H10BrF5N2O. The summed E-state index contributed by atoms with van der Waals surface area (Å²) in [6.45, 7) is -2.14. The highest BCUT2D eigenvalue weighted by molar-refractivity contribution is 9.10. The third kappa shape index (κ3) is 4.41. The number of nitrogens with two attached hydrogens (primary N) is 1. The first kappa shape index (κ1) is 16.8. The van der Waals surface area contributed by atoms with Gasteiger partial charge in [-0.2, -0.15) is 13.2 Å². The third-order valence-electron chi connectivity index (χ3n) is 2.34. The van der Waals surface area contributed by atoms with Crippen LogP contribution >= 0.6 is 15.9 Å². The highest BCUT2D eigenvalue weighted by Crippen LogP contribution is 2.33. The highest BCUT2D eigenvalue weighted by Gasteiger charge is 2.36. The third-order valence-corrected chi connectivity index (χ3v) is 2.83. The molecule has 1 aromatic carbocycles. The topological polar surface area (TPSA) is 55.1 Å². The largest absolute Gasteiger partial charge is 0.417 e. The van der Waals surface area contributed by atoms with Gasteiger partial charge in [-0.05, 0) is 18.2 Å². The molecule has 0 fully saturated rings. The van der Waals surface area contributed by atoms with E-state index < -0.39 is 42.2 Å². The number of hydrogen-bond acceptors (Lipinski definition) is 2. The molecule has 0 atom stereocenters. The second kappa shape index (κ2) is 6.04. The smallest absolute Gasteiger partial charge is 0.346 e. The van der Waals surface area contributed by atoms with Crippen LogP contribution in [0, 0.1) is 0 Å². The van der Waals surface area contributed by atoms with Crippen LogP contribution < -0.4 is 11.1 Å². The lowest BCUT2D eigenvalue weighted by Gasteiger charge is -2.16. The fourth-order valence-electron chi connectivity index (χ4n) is 1.33. The summed E-state index contributed by atoms with van der Waals surface area (Å²) in [5.41, 5.74) is 2.83. The molecule has 0 saturated carbocycles. The summed E-state index contributed by atoms with van der Waals surface area (Å²) in [6, 6.07) is 2.82. The van der Waals surface area contributed by atoms with Crippen molar-refractivity contribution in [3.05, 3.63) is 33.8 Å². The van der Waals surface area contributed by atoms with Gasteiger partial charge in [0.15, 0.2) is 0 Å². The molecule has 0 aliphatic carbocycles. The van der Waals surface area contributed by atoms with Crippen molar-refractivity contribution in [3.63, 3.8) is 0 Å².